The lowest BCUT2D eigenvalue weighted by Crippen LogP contribution is -2.18. The van der Waals surface area contributed by atoms with Crippen molar-refractivity contribution in [1.82, 2.24) is 15.0 Å². The molecule has 0 spiro atoms. The molecule has 49 heavy (non-hydrogen) atoms. The third-order valence-corrected chi connectivity index (χ3v) is 9.66. The third-order valence-electron chi connectivity index (χ3n) is 9.66. The summed E-state index contributed by atoms with van der Waals surface area (Å²) in [4.78, 5) is 17.8. The zero-order valence-corrected chi connectivity index (χ0v) is 26.0. The van der Waals surface area contributed by atoms with Crippen LogP contribution in [0.5, 0.6) is 0 Å². The quantitative estimate of drug-likeness (QED) is 0.194. The number of nitrogens with zero attached hydrogens (tertiary/aromatic N) is 4. The number of benzene rings is 7. The largest absolute Gasteiger partial charge is 0.456 e. The summed E-state index contributed by atoms with van der Waals surface area (Å²) >= 11 is 0. The van der Waals surface area contributed by atoms with Crippen molar-refractivity contribution in [2.24, 2.45) is 0 Å². The molecular formula is C43H24N4O2. The molecule has 1 aliphatic heterocycles. The van der Waals surface area contributed by atoms with Crippen LogP contribution in [0.2, 0.25) is 0 Å². The van der Waals surface area contributed by atoms with Crippen molar-refractivity contribution < 1.29 is 8.83 Å². The van der Waals surface area contributed by atoms with E-state index in [1.807, 2.05) is 54.6 Å². The number of hydrogen-bond donors (Lipinski definition) is 0. The summed E-state index contributed by atoms with van der Waals surface area (Å²) in [6, 6.07) is 49.8. The van der Waals surface area contributed by atoms with Crippen LogP contribution in [-0.2, 0) is 0 Å². The first-order valence-electron chi connectivity index (χ1n) is 16.3. The van der Waals surface area contributed by atoms with Crippen LogP contribution >= 0.6 is 0 Å². The van der Waals surface area contributed by atoms with Gasteiger partial charge in [0.15, 0.2) is 11.6 Å². The Balaban J connectivity index is 1.21. The Morgan fingerprint density at radius 2 is 1.06 bits per heavy atom. The predicted octanol–water partition coefficient (Wildman–Crippen LogP) is 11.6. The molecule has 0 aliphatic carbocycles. The molecule has 4 heterocycles. The number of aromatic nitrogens is 3. The van der Waals surface area contributed by atoms with E-state index in [1.54, 1.807) is 0 Å². The van der Waals surface area contributed by atoms with E-state index in [2.05, 4.69) is 95.9 Å². The predicted molar refractivity (Wildman–Crippen MR) is 196 cm³/mol. The molecule has 6 nitrogen and oxygen atoms in total. The number of fused-ring (bicyclic) bond motifs is 8. The van der Waals surface area contributed by atoms with E-state index in [4.69, 9.17) is 23.8 Å². The van der Waals surface area contributed by atoms with Gasteiger partial charge in [0.25, 0.3) is 0 Å². The fourth-order valence-corrected chi connectivity index (χ4v) is 7.48. The molecule has 1 aliphatic rings. The van der Waals surface area contributed by atoms with E-state index in [-0.39, 0.29) is 0 Å². The molecule has 0 unspecified atom stereocenters. The maximum Gasteiger partial charge on any atom is 0.238 e. The summed E-state index contributed by atoms with van der Waals surface area (Å²) in [6.45, 7) is 0. The number of furan rings is 2. The van der Waals surface area contributed by atoms with Crippen LogP contribution < -0.4 is 4.90 Å². The van der Waals surface area contributed by atoms with Crippen molar-refractivity contribution in [3.05, 3.63) is 146 Å². The van der Waals surface area contributed by atoms with Gasteiger partial charge in [0, 0.05) is 38.1 Å². The minimum absolute atomic E-state index is 0.521. The van der Waals surface area contributed by atoms with Crippen LogP contribution in [0, 0.1) is 0 Å². The van der Waals surface area contributed by atoms with Crippen LogP contribution in [0.1, 0.15) is 0 Å². The molecule has 0 N–H and O–H groups in total. The molecule has 11 rings (SSSR count). The van der Waals surface area contributed by atoms with Gasteiger partial charge in [-0.25, -0.2) is 4.98 Å². The first-order chi connectivity index (χ1) is 24.3. The molecule has 3 aromatic heterocycles. The highest BCUT2D eigenvalue weighted by Gasteiger charge is 2.29. The van der Waals surface area contributed by atoms with Gasteiger partial charge in [0.1, 0.15) is 22.3 Å². The highest BCUT2D eigenvalue weighted by molar-refractivity contribution is 6.14. The van der Waals surface area contributed by atoms with E-state index in [0.29, 0.717) is 17.6 Å². The van der Waals surface area contributed by atoms with E-state index >= 15 is 0 Å². The Kier molecular flexibility index (Phi) is 5.29. The lowest BCUT2D eigenvalue weighted by atomic mass is 9.91. The molecule has 6 heteroatoms. The Hall–Kier alpha value is -6.79. The van der Waals surface area contributed by atoms with Gasteiger partial charge in [-0.05, 0) is 53.4 Å². The van der Waals surface area contributed by atoms with Gasteiger partial charge in [-0.2, -0.15) is 9.97 Å². The molecule has 0 radical (unpaired) electrons. The minimum Gasteiger partial charge on any atom is -0.456 e. The summed E-state index contributed by atoms with van der Waals surface area (Å²) in [7, 11) is 0. The zero-order valence-electron chi connectivity index (χ0n) is 26.0. The van der Waals surface area contributed by atoms with Crippen molar-refractivity contribution in [2.45, 2.75) is 0 Å². The fraction of sp³-hybridized carbons (Fsp3) is 0. The average molecular weight is 629 g/mol. The van der Waals surface area contributed by atoms with E-state index < -0.39 is 0 Å². The topological polar surface area (TPSA) is 68.2 Å². The Labute approximate surface area is 279 Å². The molecular weight excluding hydrogens is 604 g/mol. The summed E-state index contributed by atoms with van der Waals surface area (Å²) in [5.74, 6) is 1.59. The smallest absolute Gasteiger partial charge is 0.238 e. The molecule has 0 amide bonds. The van der Waals surface area contributed by atoms with Crippen molar-refractivity contribution in [2.75, 3.05) is 4.90 Å². The van der Waals surface area contributed by atoms with Gasteiger partial charge in [0.05, 0.1) is 16.9 Å². The lowest BCUT2D eigenvalue weighted by Gasteiger charge is -2.32. The molecule has 7 aromatic carbocycles. The molecule has 0 fully saturated rings. The molecule has 10 aromatic rings. The van der Waals surface area contributed by atoms with Crippen LogP contribution in [0.25, 0.3) is 88.6 Å². The van der Waals surface area contributed by atoms with Crippen LogP contribution in [-0.4, -0.2) is 15.0 Å². The molecule has 0 saturated heterocycles. The SMILES string of the molecule is c1ccc2c(c1)-c1cccc3cccc(c13)N2c1nc(-c2ccc3c(c2)oc2ccccc23)nc(-c2cccc3c2oc2ccccc23)n1. The molecule has 228 valence electrons. The van der Waals surface area contributed by atoms with Crippen molar-refractivity contribution in [1.29, 1.82) is 0 Å². The fourth-order valence-electron chi connectivity index (χ4n) is 7.48. The molecule has 0 saturated carbocycles. The Morgan fingerprint density at radius 1 is 0.429 bits per heavy atom. The summed E-state index contributed by atoms with van der Waals surface area (Å²) in [6.07, 6.45) is 0. The zero-order chi connectivity index (χ0) is 32.1. The van der Waals surface area contributed by atoms with Crippen LogP contribution in [0.4, 0.5) is 17.3 Å². The summed E-state index contributed by atoms with van der Waals surface area (Å²) in [5, 5.41) is 6.52. The Bertz CT molecular complexity index is 2970. The maximum atomic E-state index is 6.48. The standard InChI is InChI=1S/C43H24N4O2/c1-4-18-34-27(12-1)31-15-7-10-25-11-8-19-35(39(25)31)47(34)43-45-41(26-22-23-30-28-13-2-5-20-36(28)48-38(30)24-26)44-42(46-43)33-17-9-16-32-29-14-3-6-21-37(29)49-40(32)33/h1-24H. The second kappa shape index (κ2) is 9.86. The first kappa shape index (κ1) is 26.3. The maximum absolute atomic E-state index is 6.48. The molecule has 0 atom stereocenters. The number of anilines is 3. The van der Waals surface area contributed by atoms with E-state index in [0.717, 1.165) is 82.7 Å². The van der Waals surface area contributed by atoms with Gasteiger partial charge in [-0.3, -0.25) is 4.90 Å². The van der Waals surface area contributed by atoms with E-state index in [1.165, 1.54) is 5.56 Å². The number of para-hydroxylation sites is 4. The summed E-state index contributed by atoms with van der Waals surface area (Å²) in [5.41, 5.74) is 9.16. The second-order valence-corrected chi connectivity index (χ2v) is 12.4. The minimum atomic E-state index is 0.521. The second-order valence-electron chi connectivity index (χ2n) is 12.4. The number of hydrogen-bond acceptors (Lipinski definition) is 6. The average Bonchev–Trinajstić information content (AvgIpc) is 3.73. The lowest BCUT2D eigenvalue weighted by molar-refractivity contribution is 0.668. The third kappa shape index (κ3) is 3.79. The monoisotopic (exact) mass is 628 g/mol. The van der Waals surface area contributed by atoms with Crippen molar-refractivity contribution >= 4 is 72.0 Å². The van der Waals surface area contributed by atoms with Crippen molar-refractivity contribution in [3.63, 3.8) is 0 Å². The molecule has 0 bridgehead atoms. The first-order valence-corrected chi connectivity index (χ1v) is 16.3. The highest BCUT2D eigenvalue weighted by Crippen LogP contribution is 2.50. The Morgan fingerprint density at radius 3 is 1.96 bits per heavy atom. The number of rotatable bonds is 3. The van der Waals surface area contributed by atoms with Gasteiger partial charge in [-0.1, -0.05) is 103 Å². The van der Waals surface area contributed by atoms with Gasteiger partial charge in [0.2, 0.25) is 5.95 Å². The van der Waals surface area contributed by atoms with E-state index in [9.17, 15) is 0 Å². The normalized spacial score (nSPS) is 12.4. The van der Waals surface area contributed by atoms with Gasteiger partial charge in [-0.15, -0.1) is 0 Å². The van der Waals surface area contributed by atoms with Crippen molar-refractivity contribution in [3.8, 4) is 33.9 Å². The van der Waals surface area contributed by atoms with Crippen LogP contribution in [0.3, 0.4) is 0 Å². The van der Waals surface area contributed by atoms with Crippen LogP contribution in [0.15, 0.2) is 154 Å². The highest BCUT2D eigenvalue weighted by atomic mass is 16.3. The van der Waals surface area contributed by atoms with Gasteiger partial charge < -0.3 is 8.83 Å². The summed E-state index contributed by atoms with van der Waals surface area (Å²) < 4.78 is 12.8. The van der Waals surface area contributed by atoms with Gasteiger partial charge >= 0.3 is 0 Å².